The second kappa shape index (κ2) is 5.47. The monoisotopic (exact) mass is 246 g/mol. The summed E-state index contributed by atoms with van der Waals surface area (Å²) in [6, 6.07) is 2.60. The minimum Gasteiger partial charge on any atom is -0.493 e. The maximum Gasteiger partial charge on any atom is 0.336 e. The van der Waals surface area contributed by atoms with E-state index in [1.807, 2.05) is 0 Å². The number of carbonyl (C=O) groups is 1. The summed E-state index contributed by atoms with van der Waals surface area (Å²) in [7, 11) is 1.32. The highest BCUT2D eigenvalue weighted by atomic mass is 19.3. The summed E-state index contributed by atoms with van der Waals surface area (Å²) in [6.45, 7) is 0.764. The standard InChI is InChI=1S/C11H12F2O4/c1-6-7(11(14)15)3-4-8(10(6)16-2)17-5-9(12)13/h3-4,9H,5H2,1-2H3,(H,14,15). The zero-order valence-corrected chi connectivity index (χ0v) is 9.37. The van der Waals surface area contributed by atoms with Gasteiger partial charge in [0.15, 0.2) is 11.5 Å². The lowest BCUT2D eigenvalue weighted by Crippen LogP contribution is -2.09. The van der Waals surface area contributed by atoms with Crippen LogP contribution in [0, 0.1) is 6.92 Å². The number of ether oxygens (including phenoxy) is 2. The number of halogens is 2. The average Bonchev–Trinajstić information content (AvgIpc) is 2.25. The first-order chi connectivity index (χ1) is 7.97. The van der Waals surface area contributed by atoms with Crippen LogP contribution in [0.15, 0.2) is 12.1 Å². The van der Waals surface area contributed by atoms with Crippen LogP contribution in [0.25, 0.3) is 0 Å². The fourth-order valence-electron chi connectivity index (χ4n) is 1.42. The van der Waals surface area contributed by atoms with Crippen LogP contribution >= 0.6 is 0 Å². The van der Waals surface area contributed by atoms with Crippen LogP contribution in [0.1, 0.15) is 15.9 Å². The highest BCUT2D eigenvalue weighted by Crippen LogP contribution is 2.33. The molecule has 0 aromatic heterocycles. The molecule has 0 heterocycles. The highest BCUT2D eigenvalue weighted by Gasteiger charge is 2.16. The van der Waals surface area contributed by atoms with Gasteiger partial charge in [0.1, 0.15) is 6.61 Å². The molecule has 0 aliphatic rings. The SMILES string of the molecule is COc1c(OCC(F)F)ccc(C(=O)O)c1C. The molecule has 0 bridgehead atoms. The van der Waals surface area contributed by atoms with E-state index in [9.17, 15) is 13.6 Å². The third kappa shape index (κ3) is 3.05. The first-order valence-corrected chi connectivity index (χ1v) is 4.79. The van der Waals surface area contributed by atoms with Gasteiger partial charge >= 0.3 is 5.97 Å². The molecule has 0 unspecified atom stereocenters. The fraction of sp³-hybridized carbons (Fsp3) is 0.364. The highest BCUT2D eigenvalue weighted by molar-refractivity contribution is 5.90. The minimum absolute atomic E-state index is 0.0475. The molecule has 94 valence electrons. The van der Waals surface area contributed by atoms with E-state index in [0.29, 0.717) is 5.56 Å². The maximum absolute atomic E-state index is 12.0. The first-order valence-electron chi connectivity index (χ1n) is 4.79. The normalized spacial score (nSPS) is 10.4. The van der Waals surface area contributed by atoms with Gasteiger partial charge in [0, 0.05) is 5.56 Å². The van der Waals surface area contributed by atoms with Crippen molar-refractivity contribution >= 4 is 5.97 Å². The van der Waals surface area contributed by atoms with Gasteiger partial charge in [0.25, 0.3) is 6.43 Å². The van der Waals surface area contributed by atoms with Gasteiger partial charge in [-0.25, -0.2) is 13.6 Å². The summed E-state index contributed by atoms with van der Waals surface area (Å²) in [6.07, 6.45) is -2.60. The van der Waals surface area contributed by atoms with Gasteiger partial charge in [-0.3, -0.25) is 0 Å². The number of hydrogen-bond donors (Lipinski definition) is 1. The molecule has 1 N–H and O–H groups in total. The predicted molar refractivity (Wildman–Crippen MR) is 56.2 cm³/mol. The molecule has 1 aromatic rings. The molecule has 0 amide bonds. The van der Waals surface area contributed by atoms with E-state index in [4.69, 9.17) is 14.6 Å². The van der Waals surface area contributed by atoms with Crippen LogP contribution in [0.3, 0.4) is 0 Å². The zero-order valence-electron chi connectivity index (χ0n) is 9.37. The first kappa shape index (κ1) is 13.2. The lowest BCUT2D eigenvalue weighted by Gasteiger charge is -2.14. The van der Waals surface area contributed by atoms with Crippen molar-refractivity contribution in [2.45, 2.75) is 13.3 Å². The molecule has 0 saturated heterocycles. The van der Waals surface area contributed by atoms with Crippen molar-refractivity contribution in [3.05, 3.63) is 23.3 Å². The van der Waals surface area contributed by atoms with Crippen LogP contribution in [0.2, 0.25) is 0 Å². The smallest absolute Gasteiger partial charge is 0.336 e. The van der Waals surface area contributed by atoms with E-state index in [2.05, 4.69) is 0 Å². The Morgan fingerprint density at radius 2 is 2.12 bits per heavy atom. The summed E-state index contributed by atoms with van der Waals surface area (Å²) in [5.41, 5.74) is 0.387. The predicted octanol–water partition coefficient (Wildman–Crippen LogP) is 2.35. The molecule has 1 aromatic carbocycles. The Kier molecular flexibility index (Phi) is 4.25. The molecule has 6 heteroatoms. The van der Waals surface area contributed by atoms with Crippen LogP contribution < -0.4 is 9.47 Å². The zero-order chi connectivity index (χ0) is 13.0. The van der Waals surface area contributed by atoms with Gasteiger partial charge in [-0.15, -0.1) is 0 Å². The van der Waals surface area contributed by atoms with E-state index >= 15 is 0 Å². The summed E-state index contributed by atoms with van der Waals surface area (Å²) in [5.74, 6) is -0.845. The van der Waals surface area contributed by atoms with Crippen LogP contribution in [0.4, 0.5) is 8.78 Å². The number of methoxy groups -OCH3 is 1. The van der Waals surface area contributed by atoms with Gasteiger partial charge < -0.3 is 14.6 Å². The molecule has 4 nitrogen and oxygen atoms in total. The lowest BCUT2D eigenvalue weighted by molar-refractivity contribution is 0.0693. The minimum atomic E-state index is -2.60. The Labute approximate surface area is 96.8 Å². The van der Waals surface area contributed by atoms with E-state index in [-0.39, 0.29) is 17.1 Å². The molecule has 1 rings (SSSR count). The maximum atomic E-state index is 12.0. The topological polar surface area (TPSA) is 55.8 Å². The Balaban J connectivity index is 3.08. The van der Waals surface area contributed by atoms with Crippen molar-refractivity contribution < 1.29 is 28.2 Å². The molecule has 0 aliphatic heterocycles. The number of carboxylic acid groups (broad SMARTS) is 1. The molecule has 0 spiro atoms. The summed E-state index contributed by atoms with van der Waals surface area (Å²) < 4.78 is 33.8. The summed E-state index contributed by atoms with van der Waals surface area (Å²) in [4.78, 5) is 10.9. The number of alkyl halides is 2. The van der Waals surface area contributed by atoms with Crippen molar-refractivity contribution in [2.24, 2.45) is 0 Å². The Morgan fingerprint density at radius 1 is 1.47 bits per heavy atom. The molecular weight excluding hydrogens is 234 g/mol. The van der Waals surface area contributed by atoms with Crippen LogP contribution in [0.5, 0.6) is 11.5 Å². The van der Waals surface area contributed by atoms with Crippen molar-refractivity contribution in [1.29, 1.82) is 0 Å². The Bertz CT molecular complexity index is 418. The molecule has 0 aliphatic carbocycles. The second-order valence-electron chi connectivity index (χ2n) is 3.28. The second-order valence-corrected chi connectivity index (χ2v) is 3.28. The van der Waals surface area contributed by atoms with Crippen molar-refractivity contribution in [3.8, 4) is 11.5 Å². The number of carboxylic acids is 1. The van der Waals surface area contributed by atoms with Crippen molar-refractivity contribution in [1.82, 2.24) is 0 Å². The van der Waals surface area contributed by atoms with Gasteiger partial charge in [0.05, 0.1) is 12.7 Å². The Morgan fingerprint density at radius 3 is 2.59 bits per heavy atom. The summed E-state index contributed by atoms with van der Waals surface area (Å²) in [5, 5.41) is 8.88. The van der Waals surface area contributed by atoms with Gasteiger partial charge in [-0.2, -0.15) is 0 Å². The van der Waals surface area contributed by atoms with Crippen molar-refractivity contribution in [2.75, 3.05) is 13.7 Å². The van der Waals surface area contributed by atoms with E-state index in [0.717, 1.165) is 0 Å². The molecule has 17 heavy (non-hydrogen) atoms. The fourth-order valence-corrected chi connectivity index (χ4v) is 1.42. The third-order valence-electron chi connectivity index (χ3n) is 2.17. The third-order valence-corrected chi connectivity index (χ3v) is 2.17. The molecular formula is C11H12F2O4. The van der Waals surface area contributed by atoms with Gasteiger partial charge in [-0.1, -0.05) is 0 Å². The number of rotatable bonds is 5. The van der Waals surface area contributed by atoms with Gasteiger partial charge in [0.2, 0.25) is 0 Å². The summed E-state index contributed by atoms with van der Waals surface area (Å²) >= 11 is 0. The largest absolute Gasteiger partial charge is 0.493 e. The number of hydrogen-bond acceptors (Lipinski definition) is 3. The van der Waals surface area contributed by atoms with E-state index in [1.54, 1.807) is 0 Å². The molecule has 0 radical (unpaired) electrons. The molecule has 0 saturated carbocycles. The van der Waals surface area contributed by atoms with Crippen LogP contribution in [-0.4, -0.2) is 31.2 Å². The Hall–Kier alpha value is -1.85. The number of aromatic carboxylic acids is 1. The average molecular weight is 246 g/mol. The van der Waals surface area contributed by atoms with Crippen LogP contribution in [-0.2, 0) is 0 Å². The lowest BCUT2D eigenvalue weighted by atomic mass is 10.1. The van der Waals surface area contributed by atoms with Crippen molar-refractivity contribution in [3.63, 3.8) is 0 Å². The number of benzene rings is 1. The molecule has 0 fully saturated rings. The van der Waals surface area contributed by atoms with E-state index < -0.39 is 19.0 Å². The quantitative estimate of drug-likeness (QED) is 0.866. The van der Waals surface area contributed by atoms with E-state index in [1.165, 1.54) is 26.2 Å². The molecule has 0 atom stereocenters. The van der Waals surface area contributed by atoms with Gasteiger partial charge in [-0.05, 0) is 19.1 Å².